The van der Waals surface area contributed by atoms with Gasteiger partial charge in [-0.15, -0.1) is 0 Å². The van der Waals surface area contributed by atoms with E-state index in [2.05, 4.69) is 0 Å². The smallest absolute Gasteiger partial charge is 0.254 e. The van der Waals surface area contributed by atoms with Crippen molar-refractivity contribution in [1.82, 2.24) is 4.90 Å². The predicted octanol–water partition coefficient (Wildman–Crippen LogP) is 2.74. The van der Waals surface area contributed by atoms with Crippen molar-refractivity contribution < 1.29 is 18.3 Å². The van der Waals surface area contributed by atoms with Crippen LogP contribution in [0.5, 0.6) is 0 Å². The molecule has 106 valence electrons. The summed E-state index contributed by atoms with van der Waals surface area (Å²) in [7, 11) is 3.09. The van der Waals surface area contributed by atoms with Gasteiger partial charge >= 0.3 is 0 Å². The molecule has 5 heteroatoms. The summed E-state index contributed by atoms with van der Waals surface area (Å²) in [5.74, 6) is -2.00. The van der Waals surface area contributed by atoms with E-state index in [1.807, 2.05) is 6.92 Å². The molecule has 0 radical (unpaired) electrons. The van der Waals surface area contributed by atoms with Crippen LogP contribution < -0.4 is 0 Å². The second-order valence-corrected chi connectivity index (χ2v) is 4.70. The standard InChI is InChI=1S/C14H19F2NO2/c1-5-14(2,19-4)13(18)17(3)9-10-6-7-11(15)12(16)8-10/h6-8H,5,9H2,1-4H3. The van der Waals surface area contributed by atoms with Crippen molar-refractivity contribution in [2.24, 2.45) is 0 Å². The first-order chi connectivity index (χ1) is 8.84. The van der Waals surface area contributed by atoms with Gasteiger partial charge in [-0.2, -0.15) is 0 Å². The molecule has 0 aliphatic heterocycles. The van der Waals surface area contributed by atoms with Gasteiger partial charge in [0.1, 0.15) is 5.60 Å². The van der Waals surface area contributed by atoms with Crippen LogP contribution >= 0.6 is 0 Å². The van der Waals surface area contributed by atoms with E-state index in [0.29, 0.717) is 12.0 Å². The quantitative estimate of drug-likeness (QED) is 0.824. The average molecular weight is 271 g/mol. The lowest BCUT2D eigenvalue weighted by atomic mass is 10.0. The molecule has 1 amide bonds. The molecule has 0 aliphatic carbocycles. The van der Waals surface area contributed by atoms with Crippen LogP contribution in [0.1, 0.15) is 25.8 Å². The Hall–Kier alpha value is -1.49. The number of likely N-dealkylation sites (N-methyl/N-ethyl adjacent to an activating group) is 1. The van der Waals surface area contributed by atoms with Crippen molar-refractivity contribution >= 4 is 5.91 Å². The summed E-state index contributed by atoms with van der Waals surface area (Å²) in [5, 5.41) is 0. The number of hydrogen-bond acceptors (Lipinski definition) is 2. The van der Waals surface area contributed by atoms with Crippen molar-refractivity contribution in [1.29, 1.82) is 0 Å². The van der Waals surface area contributed by atoms with E-state index in [4.69, 9.17) is 4.74 Å². The topological polar surface area (TPSA) is 29.5 Å². The van der Waals surface area contributed by atoms with E-state index in [1.54, 1.807) is 14.0 Å². The summed E-state index contributed by atoms with van der Waals surface area (Å²) in [6.45, 7) is 3.76. The van der Waals surface area contributed by atoms with Crippen LogP contribution in [0.4, 0.5) is 8.78 Å². The third-order valence-electron chi connectivity index (χ3n) is 3.33. The zero-order valence-corrected chi connectivity index (χ0v) is 11.7. The Morgan fingerprint density at radius 1 is 1.37 bits per heavy atom. The van der Waals surface area contributed by atoms with Gasteiger partial charge in [0.2, 0.25) is 0 Å². The van der Waals surface area contributed by atoms with Gasteiger partial charge in [0.05, 0.1) is 0 Å². The zero-order chi connectivity index (χ0) is 14.6. The number of carbonyl (C=O) groups is 1. The first kappa shape index (κ1) is 15.6. The molecule has 1 aromatic carbocycles. The van der Waals surface area contributed by atoms with E-state index >= 15 is 0 Å². The Balaban J connectivity index is 2.81. The number of rotatable bonds is 5. The lowest BCUT2D eigenvalue weighted by molar-refractivity contribution is -0.152. The third kappa shape index (κ3) is 3.50. The Labute approximate surface area is 112 Å². The van der Waals surface area contributed by atoms with Gasteiger partial charge in [-0.3, -0.25) is 4.79 Å². The maximum absolute atomic E-state index is 13.1. The normalized spacial score (nSPS) is 14.0. The molecule has 0 bridgehead atoms. The summed E-state index contributed by atoms with van der Waals surface area (Å²) in [6.07, 6.45) is 0.532. The lowest BCUT2D eigenvalue weighted by Crippen LogP contribution is -2.46. The van der Waals surface area contributed by atoms with E-state index < -0.39 is 17.2 Å². The Morgan fingerprint density at radius 3 is 2.47 bits per heavy atom. The molecule has 0 fully saturated rings. The maximum atomic E-state index is 13.1. The minimum Gasteiger partial charge on any atom is -0.369 e. The molecule has 1 unspecified atom stereocenters. The summed E-state index contributed by atoms with van der Waals surface area (Å²) in [6, 6.07) is 3.60. The molecule has 0 aromatic heterocycles. The molecule has 19 heavy (non-hydrogen) atoms. The van der Waals surface area contributed by atoms with Crippen LogP contribution in [0, 0.1) is 11.6 Å². The van der Waals surface area contributed by atoms with Gasteiger partial charge in [-0.1, -0.05) is 13.0 Å². The SMILES string of the molecule is CCC(C)(OC)C(=O)N(C)Cc1ccc(F)c(F)c1. The molecule has 0 saturated heterocycles. The summed E-state index contributed by atoms with van der Waals surface area (Å²) < 4.78 is 31.1. The number of hydrogen-bond donors (Lipinski definition) is 0. The average Bonchev–Trinajstić information content (AvgIpc) is 2.41. The number of methoxy groups -OCH3 is 1. The first-order valence-corrected chi connectivity index (χ1v) is 6.08. The van der Waals surface area contributed by atoms with Crippen molar-refractivity contribution in [3.05, 3.63) is 35.4 Å². The Morgan fingerprint density at radius 2 is 2.00 bits per heavy atom. The Kier molecular flexibility index (Phi) is 5.00. The number of halogens is 2. The molecular formula is C14H19F2NO2. The molecule has 0 heterocycles. The lowest BCUT2D eigenvalue weighted by Gasteiger charge is -2.30. The largest absolute Gasteiger partial charge is 0.369 e. The second-order valence-electron chi connectivity index (χ2n) is 4.70. The molecule has 0 N–H and O–H groups in total. The number of carbonyl (C=O) groups excluding carboxylic acids is 1. The van der Waals surface area contributed by atoms with Gasteiger partial charge in [0.15, 0.2) is 11.6 Å². The number of amides is 1. The van der Waals surface area contributed by atoms with Crippen molar-refractivity contribution in [3.63, 3.8) is 0 Å². The fraction of sp³-hybridized carbons (Fsp3) is 0.500. The van der Waals surface area contributed by atoms with Crippen LogP contribution in [-0.2, 0) is 16.1 Å². The monoisotopic (exact) mass is 271 g/mol. The second kappa shape index (κ2) is 6.10. The van der Waals surface area contributed by atoms with E-state index in [1.165, 1.54) is 18.1 Å². The molecular weight excluding hydrogens is 252 g/mol. The van der Waals surface area contributed by atoms with Crippen LogP contribution in [0.2, 0.25) is 0 Å². The van der Waals surface area contributed by atoms with Crippen molar-refractivity contribution in [3.8, 4) is 0 Å². The van der Waals surface area contributed by atoms with Crippen LogP contribution in [0.3, 0.4) is 0 Å². The van der Waals surface area contributed by atoms with Gasteiger partial charge in [-0.05, 0) is 31.0 Å². The minimum absolute atomic E-state index is 0.192. The minimum atomic E-state index is -0.914. The first-order valence-electron chi connectivity index (χ1n) is 6.08. The van der Waals surface area contributed by atoms with E-state index in [9.17, 15) is 13.6 Å². The summed E-state index contributed by atoms with van der Waals surface area (Å²) in [5.41, 5.74) is -0.364. The zero-order valence-electron chi connectivity index (χ0n) is 11.7. The van der Waals surface area contributed by atoms with E-state index in [0.717, 1.165) is 12.1 Å². The van der Waals surface area contributed by atoms with Gasteiger partial charge < -0.3 is 9.64 Å². The van der Waals surface area contributed by atoms with Crippen LogP contribution in [0.25, 0.3) is 0 Å². The third-order valence-corrected chi connectivity index (χ3v) is 3.33. The highest BCUT2D eigenvalue weighted by Crippen LogP contribution is 2.19. The van der Waals surface area contributed by atoms with Gasteiger partial charge in [0.25, 0.3) is 5.91 Å². The van der Waals surface area contributed by atoms with Crippen molar-refractivity contribution in [2.45, 2.75) is 32.4 Å². The molecule has 0 spiro atoms. The fourth-order valence-electron chi connectivity index (χ4n) is 1.77. The summed E-state index contributed by atoms with van der Waals surface area (Å²) in [4.78, 5) is 13.7. The van der Waals surface area contributed by atoms with Gasteiger partial charge in [0, 0.05) is 20.7 Å². The number of benzene rings is 1. The Bertz CT molecular complexity index is 459. The van der Waals surface area contributed by atoms with Crippen molar-refractivity contribution in [2.75, 3.05) is 14.2 Å². The van der Waals surface area contributed by atoms with Crippen LogP contribution in [-0.4, -0.2) is 30.6 Å². The highest BCUT2D eigenvalue weighted by atomic mass is 19.2. The van der Waals surface area contributed by atoms with E-state index in [-0.39, 0.29) is 12.5 Å². The maximum Gasteiger partial charge on any atom is 0.254 e. The number of nitrogens with zero attached hydrogens (tertiary/aromatic N) is 1. The fourth-order valence-corrected chi connectivity index (χ4v) is 1.77. The molecule has 1 atom stereocenters. The molecule has 0 saturated carbocycles. The molecule has 3 nitrogen and oxygen atoms in total. The molecule has 0 aliphatic rings. The molecule has 1 aromatic rings. The highest BCUT2D eigenvalue weighted by Gasteiger charge is 2.33. The number of ether oxygens (including phenoxy) is 1. The summed E-state index contributed by atoms with van der Waals surface area (Å²) >= 11 is 0. The highest BCUT2D eigenvalue weighted by molar-refractivity contribution is 5.84. The van der Waals surface area contributed by atoms with Gasteiger partial charge in [-0.25, -0.2) is 8.78 Å². The predicted molar refractivity (Wildman–Crippen MR) is 68.5 cm³/mol. The molecule has 1 rings (SSSR count). The van der Waals surface area contributed by atoms with Crippen LogP contribution in [0.15, 0.2) is 18.2 Å².